The number of aromatic amines is 1. The van der Waals surface area contributed by atoms with Gasteiger partial charge in [-0.3, -0.25) is 10.1 Å². The minimum atomic E-state index is 0.410. The fourth-order valence-corrected chi connectivity index (χ4v) is 2.56. The second-order valence-corrected chi connectivity index (χ2v) is 4.98. The van der Waals surface area contributed by atoms with Gasteiger partial charge in [-0.2, -0.15) is 5.10 Å². The average Bonchev–Trinajstić information content (AvgIpc) is 3.10. The van der Waals surface area contributed by atoms with Gasteiger partial charge in [0.15, 0.2) is 11.5 Å². The number of rotatable bonds is 5. The van der Waals surface area contributed by atoms with Gasteiger partial charge in [0.1, 0.15) is 0 Å². The fourth-order valence-electron chi connectivity index (χ4n) is 2.56. The van der Waals surface area contributed by atoms with Crippen molar-refractivity contribution in [2.24, 2.45) is 5.73 Å². The van der Waals surface area contributed by atoms with Crippen LogP contribution in [0.1, 0.15) is 5.56 Å². The van der Waals surface area contributed by atoms with Crippen molar-refractivity contribution in [3.63, 3.8) is 0 Å². The third-order valence-corrected chi connectivity index (χ3v) is 3.65. The Morgan fingerprint density at radius 3 is 2.65 bits per heavy atom. The molecule has 0 radical (unpaired) electrons. The molecule has 1 aromatic carbocycles. The van der Waals surface area contributed by atoms with E-state index in [4.69, 9.17) is 15.2 Å². The summed E-state index contributed by atoms with van der Waals surface area (Å²) in [5.74, 6) is 1.29. The number of nitrogens with two attached hydrogens (primary N) is 1. The van der Waals surface area contributed by atoms with Gasteiger partial charge in [0.2, 0.25) is 0 Å². The van der Waals surface area contributed by atoms with Crippen LogP contribution in [0.5, 0.6) is 11.5 Å². The number of ether oxygens (including phenoxy) is 2. The van der Waals surface area contributed by atoms with Gasteiger partial charge < -0.3 is 15.2 Å². The van der Waals surface area contributed by atoms with E-state index in [1.165, 1.54) is 0 Å². The smallest absolute Gasteiger partial charge is 0.168 e. The summed E-state index contributed by atoms with van der Waals surface area (Å²) in [5.41, 5.74) is 10.4. The van der Waals surface area contributed by atoms with E-state index in [1.807, 2.05) is 24.3 Å². The van der Waals surface area contributed by atoms with Crippen molar-refractivity contribution in [3.05, 3.63) is 48.4 Å². The summed E-state index contributed by atoms with van der Waals surface area (Å²) < 4.78 is 11.0. The highest BCUT2D eigenvalue weighted by Gasteiger charge is 2.18. The average molecular weight is 310 g/mol. The molecule has 0 aliphatic carbocycles. The van der Waals surface area contributed by atoms with Gasteiger partial charge in [-0.25, -0.2) is 0 Å². The molecule has 0 fully saturated rings. The van der Waals surface area contributed by atoms with Crippen LogP contribution in [-0.2, 0) is 6.54 Å². The Morgan fingerprint density at radius 1 is 1.13 bits per heavy atom. The molecule has 3 N–H and O–H groups in total. The largest absolute Gasteiger partial charge is 0.493 e. The third-order valence-electron chi connectivity index (χ3n) is 3.65. The summed E-state index contributed by atoms with van der Waals surface area (Å²) in [6, 6.07) is 7.73. The van der Waals surface area contributed by atoms with Gasteiger partial charge >= 0.3 is 0 Å². The first-order valence-electron chi connectivity index (χ1n) is 7.17. The molecule has 0 bridgehead atoms. The van der Waals surface area contributed by atoms with Crippen LogP contribution in [0, 0.1) is 0 Å². The van der Waals surface area contributed by atoms with Gasteiger partial charge in [0, 0.05) is 35.6 Å². The first kappa shape index (κ1) is 15.1. The Morgan fingerprint density at radius 2 is 2.00 bits per heavy atom. The van der Waals surface area contributed by atoms with Crippen LogP contribution in [0.2, 0.25) is 0 Å². The molecular weight excluding hydrogens is 292 g/mol. The van der Waals surface area contributed by atoms with Crippen LogP contribution in [0.15, 0.2) is 42.9 Å². The van der Waals surface area contributed by atoms with Gasteiger partial charge in [0.25, 0.3) is 0 Å². The van der Waals surface area contributed by atoms with Gasteiger partial charge in [-0.05, 0) is 29.8 Å². The highest BCUT2D eigenvalue weighted by atomic mass is 16.5. The maximum atomic E-state index is 5.81. The van der Waals surface area contributed by atoms with Gasteiger partial charge in [-0.1, -0.05) is 0 Å². The molecule has 0 unspecified atom stereocenters. The summed E-state index contributed by atoms with van der Waals surface area (Å²) in [6.45, 7) is 0.410. The summed E-state index contributed by atoms with van der Waals surface area (Å²) in [4.78, 5) is 4.16. The number of methoxy groups -OCH3 is 2. The van der Waals surface area contributed by atoms with Crippen LogP contribution in [0.4, 0.5) is 0 Å². The Hall–Kier alpha value is -2.86. The normalized spacial score (nSPS) is 10.6. The summed E-state index contributed by atoms with van der Waals surface area (Å²) >= 11 is 0. The lowest BCUT2D eigenvalue weighted by molar-refractivity contribution is 0.356. The third kappa shape index (κ3) is 2.76. The minimum Gasteiger partial charge on any atom is -0.493 e. The van der Waals surface area contributed by atoms with Crippen LogP contribution >= 0.6 is 0 Å². The molecule has 0 amide bonds. The Bertz CT molecular complexity index is 800. The Kier molecular flexibility index (Phi) is 4.25. The highest BCUT2D eigenvalue weighted by molar-refractivity contribution is 5.85. The van der Waals surface area contributed by atoms with E-state index in [9.17, 15) is 0 Å². The number of hydrogen-bond acceptors (Lipinski definition) is 5. The predicted molar refractivity (Wildman–Crippen MR) is 88.3 cm³/mol. The first-order chi connectivity index (χ1) is 11.3. The van der Waals surface area contributed by atoms with Crippen molar-refractivity contribution in [1.82, 2.24) is 15.2 Å². The molecule has 3 aromatic rings. The molecule has 6 nitrogen and oxygen atoms in total. The number of aromatic nitrogens is 3. The van der Waals surface area contributed by atoms with Crippen molar-refractivity contribution in [1.29, 1.82) is 0 Å². The van der Waals surface area contributed by atoms with Crippen molar-refractivity contribution in [3.8, 4) is 33.9 Å². The lowest BCUT2D eigenvalue weighted by Crippen LogP contribution is -2.00. The molecule has 0 aliphatic heterocycles. The molecule has 0 saturated heterocycles. The Labute approximate surface area is 134 Å². The number of pyridine rings is 1. The zero-order valence-corrected chi connectivity index (χ0v) is 13.0. The molecule has 0 aliphatic rings. The van der Waals surface area contributed by atoms with Crippen molar-refractivity contribution >= 4 is 0 Å². The van der Waals surface area contributed by atoms with Crippen molar-refractivity contribution in [2.75, 3.05) is 14.2 Å². The molecule has 0 spiro atoms. The number of H-pyrrole nitrogens is 1. The predicted octanol–water partition coefficient (Wildman–Crippen LogP) is 2.61. The topological polar surface area (TPSA) is 86.0 Å². The summed E-state index contributed by atoms with van der Waals surface area (Å²) in [6.07, 6.45) is 5.28. The monoisotopic (exact) mass is 310 g/mol. The molecule has 118 valence electrons. The number of nitrogens with zero attached hydrogens (tertiary/aromatic N) is 2. The second kappa shape index (κ2) is 6.50. The maximum Gasteiger partial charge on any atom is 0.168 e. The number of benzene rings is 1. The van der Waals surface area contributed by atoms with Crippen LogP contribution in [0.3, 0.4) is 0 Å². The standard InChI is InChI=1S/C17H18N4O2/c1-22-15-7-11(8-18)6-13(17(15)23-2)14-10-20-21-16(14)12-4-3-5-19-9-12/h3-7,9-10H,8,18H2,1-2H3,(H,20,21). The zero-order valence-electron chi connectivity index (χ0n) is 13.0. The first-order valence-corrected chi connectivity index (χ1v) is 7.17. The van der Waals surface area contributed by atoms with E-state index < -0.39 is 0 Å². The van der Waals surface area contributed by atoms with Crippen LogP contribution in [0.25, 0.3) is 22.4 Å². The zero-order chi connectivity index (χ0) is 16.2. The lowest BCUT2D eigenvalue weighted by atomic mass is 9.99. The molecule has 6 heteroatoms. The van der Waals surface area contributed by atoms with Crippen LogP contribution < -0.4 is 15.2 Å². The number of nitrogens with one attached hydrogen (secondary N) is 1. The fraction of sp³-hybridized carbons (Fsp3) is 0.176. The maximum absolute atomic E-state index is 5.81. The van der Waals surface area contributed by atoms with E-state index in [2.05, 4.69) is 15.2 Å². The second-order valence-electron chi connectivity index (χ2n) is 4.98. The SMILES string of the molecule is COc1cc(CN)cc(-c2cn[nH]c2-c2cccnc2)c1OC. The van der Waals surface area contributed by atoms with E-state index in [-0.39, 0.29) is 0 Å². The Balaban J connectivity index is 2.22. The van der Waals surface area contributed by atoms with Crippen molar-refractivity contribution in [2.45, 2.75) is 6.54 Å². The molecule has 0 atom stereocenters. The van der Waals surface area contributed by atoms with E-state index in [0.717, 1.165) is 27.9 Å². The van der Waals surface area contributed by atoms with Gasteiger partial charge in [0.05, 0.1) is 26.1 Å². The molecule has 2 heterocycles. The highest BCUT2D eigenvalue weighted by Crippen LogP contribution is 2.42. The van der Waals surface area contributed by atoms with E-state index in [1.54, 1.807) is 32.8 Å². The van der Waals surface area contributed by atoms with Crippen LogP contribution in [-0.4, -0.2) is 29.4 Å². The quantitative estimate of drug-likeness (QED) is 0.756. The number of hydrogen-bond donors (Lipinski definition) is 2. The van der Waals surface area contributed by atoms with E-state index >= 15 is 0 Å². The molecule has 3 rings (SSSR count). The van der Waals surface area contributed by atoms with Gasteiger partial charge in [-0.15, -0.1) is 0 Å². The lowest BCUT2D eigenvalue weighted by Gasteiger charge is -2.15. The van der Waals surface area contributed by atoms with E-state index in [0.29, 0.717) is 18.0 Å². The summed E-state index contributed by atoms with van der Waals surface area (Å²) in [5, 5.41) is 7.21. The summed E-state index contributed by atoms with van der Waals surface area (Å²) in [7, 11) is 3.23. The molecule has 0 saturated carbocycles. The molecule has 2 aromatic heterocycles. The molecule has 23 heavy (non-hydrogen) atoms. The van der Waals surface area contributed by atoms with Crippen molar-refractivity contribution < 1.29 is 9.47 Å². The minimum absolute atomic E-state index is 0.410. The molecular formula is C17H18N4O2.